The van der Waals surface area contributed by atoms with Gasteiger partial charge in [0.1, 0.15) is 12.2 Å². The Morgan fingerprint density at radius 1 is 1.42 bits per heavy atom. The van der Waals surface area contributed by atoms with Crippen LogP contribution >= 0.6 is 0 Å². The molecule has 5 heteroatoms. The van der Waals surface area contributed by atoms with E-state index in [-0.39, 0.29) is 13.1 Å². The first-order chi connectivity index (χ1) is 9.16. The average molecular weight is 263 g/mol. The van der Waals surface area contributed by atoms with E-state index in [1.54, 1.807) is 6.08 Å². The molecule has 2 rings (SSSR count). The lowest BCUT2D eigenvalue weighted by Gasteiger charge is -2.25. The number of carboxylic acid groups (broad SMARTS) is 1. The van der Waals surface area contributed by atoms with Gasteiger partial charge in [-0.15, -0.1) is 0 Å². The fraction of sp³-hybridized carbons (Fsp3) is 0.357. The number of hydrogen-bond donors (Lipinski definition) is 2. The predicted octanol–water partition coefficient (Wildman–Crippen LogP) is 1.48. The van der Waals surface area contributed by atoms with Crippen molar-refractivity contribution in [1.82, 2.24) is 4.90 Å². The van der Waals surface area contributed by atoms with E-state index in [9.17, 15) is 15.0 Å². The molecule has 0 aromatic heterocycles. The molecule has 0 fully saturated rings. The first-order valence-electron chi connectivity index (χ1n) is 6.15. The SMILES string of the molecule is O=C(O)N(Cc1ccccc1)C[C@H](O)[C@@H]1C=CCO1. The summed E-state index contributed by atoms with van der Waals surface area (Å²) in [5.74, 6) is 0. The van der Waals surface area contributed by atoms with Gasteiger partial charge < -0.3 is 19.8 Å². The van der Waals surface area contributed by atoms with Crippen LogP contribution in [0.15, 0.2) is 42.5 Å². The Labute approximate surface area is 111 Å². The predicted molar refractivity (Wildman–Crippen MR) is 69.8 cm³/mol. The monoisotopic (exact) mass is 263 g/mol. The third-order valence-electron chi connectivity index (χ3n) is 2.98. The van der Waals surface area contributed by atoms with E-state index in [1.807, 2.05) is 36.4 Å². The van der Waals surface area contributed by atoms with Crippen LogP contribution in [0.1, 0.15) is 5.56 Å². The minimum absolute atomic E-state index is 0.0270. The molecule has 1 heterocycles. The maximum Gasteiger partial charge on any atom is 0.407 e. The van der Waals surface area contributed by atoms with Gasteiger partial charge in [-0.1, -0.05) is 42.5 Å². The normalized spacial score (nSPS) is 19.3. The van der Waals surface area contributed by atoms with Gasteiger partial charge in [0.2, 0.25) is 0 Å². The number of hydrogen-bond acceptors (Lipinski definition) is 3. The van der Waals surface area contributed by atoms with Crippen LogP contribution < -0.4 is 0 Å². The molecular weight excluding hydrogens is 246 g/mol. The molecule has 1 aliphatic rings. The largest absolute Gasteiger partial charge is 0.465 e. The summed E-state index contributed by atoms with van der Waals surface area (Å²) in [6, 6.07) is 9.30. The Kier molecular flexibility index (Phi) is 4.54. The smallest absolute Gasteiger partial charge is 0.407 e. The van der Waals surface area contributed by atoms with Crippen LogP contribution in [0.5, 0.6) is 0 Å². The molecule has 5 nitrogen and oxygen atoms in total. The van der Waals surface area contributed by atoms with Crippen molar-refractivity contribution in [2.24, 2.45) is 0 Å². The van der Waals surface area contributed by atoms with Crippen molar-refractivity contribution in [1.29, 1.82) is 0 Å². The second-order valence-electron chi connectivity index (χ2n) is 4.44. The lowest BCUT2D eigenvalue weighted by Crippen LogP contribution is -2.41. The van der Waals surface area contributed by atoms with E-state index < -0.39 is 18.3 Å². The minimum Gasteiger partial charge on any atom is -0.465 e. The summed E-state index contributed by atoms with van der Waals surface area (Å²) in [6.07, 6.45) is 1.25. The fourth-order valence-corrected chi connectivity index (χ4v) is 2.00. The third kappa shape index (κ3) is 3.81. The summed E-state index contributed by atoms with van der Waals surface area (Å²) < 4.78 is 5.26. The van der Waals surface area contributed by atoms with Gasteiger partial charge in [-0.25, -0.2) is 4.79 Å². The van der Waals surface area contributed by atoms with Gasteiger partial charge in [-0.05, 0) is 5.56 Å². The molecule has 0 radical (unpaired) electrons. The highest BCUT2D eigenvalue weighted by molar-refractivity contribution is 5.65. The summed E-state index contributed by atoms with van der Waals surface area (Å²) in [4.78, 5) is 12.4. The molecule has 0 saturated carbocycles. The van der Waals surface area contributed by atoms with Gasteiger partial charge in [-0.3, -0.25) is 0 Å². The summed E-state index contributed by atoms with van der Waals surface area (Å²) in [5, 5.41) is 19.1. The van der Waals surface area contributed by atoms with E-state index >= 15 is 0 Å². The van der Waals surface area contributed by atoms with Crippen LogP contribution in [-0.4, -0.2) is 46.6 Å². The molecule has 0 saturated heterocycles. The first kappa shape index (κ1) is 13.6. The van der Waals surface area contributed by atoms with Gasteiger partial charge in [-0.2, -0.15) is 0 Å². The van der Waals surface area contributed by atoms with Crippen molar-refractivity contribution in [2.45, 2.75) is 18.8 Å². The second-order valence-corrected chi connectivity index (χ2v) is 4.44. The summed E-state index contributed by atoms with van der Waals surface area (Å²) in [5.41, 5.74) is 0.889. The van der Waals surface area contributed by atoms with Gasteiger partial charge in [0.25, 0.3) is 0 Å². The summed E-state index contributed by atoms with van der Waals surface area (Å²) in [6.45, 7) is 0.746. The van der Waals surface area contributed by atoms with Crippen LogP contribution in [0, 0.1) is 0 Å². The number of carbonyl (C=O) groups is 1. The molecule has 0 bridgehead atoms. The topological polar surface area (TPSA) is 70.0 Å². The van der Waals surface area contributed by atoms with Crippen molar-refractivity contribution in [2.75, 3.05) is 13.2 Å². The van der Waals surface area contributed by atoms with Crippen LogP contribution in [0.2, 0.25) is 0 Å². The van der Waals surface area contributed by atoms with E-state index in [2.05, 4.69) is 0 Å². The molecule has 2 N–H and O–H groups in total. The number of rotatable bonds is 5. The molecule has 19 heavy (non-hydrogen) atoms. The second kappa shape index (κ2) is 6.36. The molecule has 0 unspecified atom stereocenters. The highest BCUT2D eigenvalue weighted by Crippen LogP contribution is 2.12. The Morgan fingerprint density at radius 2 is 2.16 bits per heavy atom. The standard InChI is InChI=1S/C14H17NO4/c16-12(13-7-4-8-19-13)10-15(14(17)18)9-11-5-2-1-3-6-11/h1-7,12-13,16H,8-10H2,(H,17,18)/t12-,13-/m0/s1. The van der Waals surface area contributed by atoms with Crippen molar-refractivity contribution in [3.63, 3.8) is 0 Å². The lowest BCUT2D eigenvalue weighted by molar-refractivity contribution is -0.00413. The van der Waals surface area contributed by atoms with Crippen LogP contribution in [0.4, 0.5) is 4.79 Å². The van der Waals surface area contributed by atoms with E-state index in [1.165, 1.54) is 4.90 Å². The molecule has 1 amide bonds. The third-order valence-corrected chi connectivity index (χ3v) is 2.98. The zero-order valence-corrected chi connectivity index (χ0v) is 10.5. The van der Waals surface area contributed by atoms with Crippen molar-refractivity contribution < 1.29 is 19.7 Å². The Bertz CT molecular complexity index is 446. The summed E-state index contributed by atoms with van der Waals surface area (Å²) in [7, 11) is 0. The molecule has 0 aliphatic carbocycles. The van der Waals surface area contributed by atoms with Crippen molar-refractivity contribution >= 4 is 6.09 Å². The number of ether oxygens (including phenoxy) is 1. The zero-order chi connectivity index (χ0) is 13.7. The zero-order valence-electron chi connectivity index (χ0n) is 10.5. The number of aliphatic hydroxyl groups is 1. The van der Waals surface area contributed by atoms with Gasteiger partial charge in [0.05, 0.1) is 13.2 Å². The minimum atomic E-state index is -1.05. The molecule has 102 valence electrons. The Hall–Kier alpha value is -1.85. The number of benzene rings is 1. The fourth-order valence-electron chi connectivity index (χ4n) is 2.00. The van der Waals surface area contributed by atoms with Gasteiger partial charge in [0.15, 0.2) is 0 Å². The Morgan fingerprint density at radius 3 is 2.74 bits per heavy atom. The lowest BCUT2D eigenvalue weighted by atomic mass is 10.1. The quantitative estimate of drug-likeness (QED) is 0.789. The van der Waals surface area contributed by atoms with E-state index in [0.29, 0.717) is 6.61 Å². The molecule has 1 aromatic rings. The van der Waals surface area contributed by atoms with Crippen LogP contribution in [0.3, 0.4) is 0 Å². The van der Waals surface area contributed by atoms with Gasteiger partial charge >= 0.3 is 6.09 Å². The molecule has 2 atom stereocenters. The van der Waals surface area contributed by atoms with Crippen molar-refractivity contribution in [3.8, 4) is 0 Å². The van der Waals surface area contributed by atoms with E-state index in [4.69, 9.17) is 4.74 Å². The number of aliphatic hydroxyl groups excluding tert-OH is 1. The highest BCUT2D eigenvalue weighted by Gasteiger charge is 2.24. The van der Waals surface area contributed by atoms with Crippen LogP contribution in [-0.2, 0) is 11.3 Å². The van der Waals surface area contributed by atoms with Gasteiger partial charge in [0, 0.05) is 6.54 Å². The number of amides is 1. The van der Waals surface area contributed by atoms with E-state index in [0.717, 1.165) is 5.56 Å². The summed E-state index contributed by atoms with van der Waals surface area (Å²) >= 11 is 0. The Balaban J connectivity index is 1.96. The number of nitrogens with zero attached hydrogens (tertiary/aromatic N) is 1. The maximum absolute atomic E-state index is 11.2. The highest BCUT2D eigenvalue weighted by atomic mass is 16.5. The molecule has 1 aliphatic heterocycles. The maximum atomic E-state index is 11.2. The van der Waals surface area contributed by atoms with Crippen LogP contribution in [0.25, 0.3) is 0 Å². The average Bonchev–Trinajstić information content (AvgIpc) is 2.93. The molecule has 0 spiro atoms. The van der Waals surface area contributed by atoms with Crippen molar-refractivity contribution in [3.05, 3.63) is 48.0 Å². The molecular formula is C14H17NO4. The first-order valence-corrected chi connectivity index (χ1v) is 6.15. The molecule has 1 aromatic carbocycles.